The van der Waals surface area contributed by atoms with Gasteiger partial charge in [-0.05, 0) is 6.92 Å². The Hall–Kier alpha value is -2.19. The molecule has 0 aliphatic heterocycles. The molecule has 7 nitrogen and oxygen atoms in total. The zero-order valence-electron chi connectivity index (χ0n) is 10.9. The van der Waals surface area contributed by atoms with Gasteiger partial charge in [-0.1, -0.05) is 0 Å². The number of hydrogen-bond donors (Lipinski definition) is 2. The molecule has 20 heavy (non-hydrogen) atoms. The largest absolute Gasteiger partial charge is 0.475 e. The highest BCUT2D eigenvalue weighted by molar-refractivity contribution is 7.09. The van der Waals surface area contributed by atoms with Crippen molar-refractivity contribution < 1.29 is 4.74 Å². The molecule has 0 atom stereocenters. The molecule has 8 heteroatoms. The summed E-state index contributed by atoms with van der Waals surface area (Å²) < 4.78 is 7.55. The van der Waals surface area contributed by atoms with Crippen LogP contribution in [-0.2, 0) is 6.42 Å². The summed E-state index contributed by atoms with van der Waals surface area (Å²) in [6.07, 6.45) is 6.06. The van der Waals surface area contributed by atoms with E-state index in [0.717, 1.165) is 12.1 Å². The molecular weight excluding hydrogens is 276 g/mol. The van der Waals surface area contributed by atoms with E-state index in [4.69, 9.17) is 10.6 Å². The van der Waals surface area contributed by atoms with Crippen LogP contribution in [0.15, 0.2) is 24.1 Å². The zero-order valence-corrected chi connectivity index (χ0v) is 11.7. The fraction of sp³-hybridized carbons (Fsp3) is 0.250. The molecule has 104 valence electrons. The lowest BCUT2D eigenvalue weighted by Gasteiger charge is -2.08. The second-order valence-electron chi connectivity index (χ2n) is 4.19. The number of nitrogens with one attached hydrogen (secondary N) is 1. The molecule has 0 radical (unpaired) electrons. The van der Waals surface area contributed by atoms with Crippen molar-refractivity contribution in [1.29, 1.82) is 0 Å². The molecule has 3 aromatic heterocycles. The normalized spacial score (nSPS) is 10.9. The Balaban J connectivity index is 1.76. The Kier molecular flexibility index (Phi) is 3.48. The van der Waals surface area contributed by atoms with Gasteiger partial charge in [0, 0.05) is 23.7 Å². The Labute approximate surface area is 119 Å². The van der Waals surface area contributed by atoms with Crippen molar-refractivity contribution in [2.75, 3.05) is 12.0 Å². The first kappa shape index (κ1) is 12.8. The first-order valence-corrected chi connectivity index (χ1v) is 6.98. The van der Waals surface area contributed by atoms with Crippen molar-refractivity contribution in [2.24, 2.45) is 5.84 Å². The molecule has 0 aromatic carbocycles. The van der Waals surface area contributed by atoms with Crippen LogP contribution in [0.2, 0.25) is 0 Å². The number of imidazole rings is 1. The van der Waals surface area contributed by atoms with E-state index in [-0.39, 0.29) is 0 Å². The molecule has 0 unspecified atom stereocenters. The van der Waals surface area contributed by atoms with Crippen LogP contribution in [0.5, 0.6) is 5.88 Å². The van der Waals surface area contributed by atoms with Gasteiger partial charge in [-0.3, -0.25) is 4.40 Å². The quantitative estimate of drug-likeness (QED) is 0.545. The Morgan fingerprint density at radius 3 is 3.10 bits per heavy atom. The highest BCUT2D eigenvalue weighted by atomic mass is 32.1. The monoisotopic (exact) mass is 290 g/mol. The summed E-state index contributed by atoms with van der Waals surface area (Å²) in [5.41, 5.74) is 6.08. The van der Waals surface area contributed by atoms with Gasteiger partial charge in [-0.15, -0.1) is 11.3 Å². The van der Waals surface area contributed by atoms with Crippen LogP contribution in [-0.4, -0.2) is 26.0 Å². The van der Waals surface area contributed by atoms with Crippen molar-refractivity contribution in [3.8, 4) is 5.88 Å². The molecule has 0 aliphatic carbocycles. The number of rotatable bonds is 5. The Morgan fingerprint density at radius 2 is 2.35 bits per heavy atom. The summed E-state index contributed by atoms with van der Waals surface area (Å²) in [5, 5.41) is 0. The van der Waals surface area contributed by atoms with Gasteiger partial charge in [-0.25, -0.2) is 15.8 Å². The standard InChI is InChI=1S/C12H14N6OS/c1-8-9(20-7-15-8)2-5-19-12-11-14-3-4-18(11)6-10(16-12)17-13/h3-4,6-7,17H,2,5,13H2,1H3. The molecular formula is C12H14N6OS. The van der Waals surface area contributed by atoms with Crippen LogP contribution >= 0.6 is 11.3 Å². The van der Waals surface area contributed by atoms with E-state index < -0.39 is 0 Å². The number of thiazole rings is 1. The van der Waals surface area contributed by atoms with E-state index in [1.807, 2.05) is 23.0 Å². The van der Waals surface area contributed by atoms with Crippen molar-refractivity contribution in [2.45, 2.75) is 13.3 Å². The Bertz CT molecular complexity index is 722. The minimum atomic E-state index is 0.465. The maximum absolute atomic E-state index is 5.74. The third-order valence-electron chi connectivity index (χ3n) is 2.90. The van der Waals surface area contributed by atoms with Gasteiger partial charge in [0.1, 0.15) is 0 Å². The van der Waals surface area contributed by atoms with Gasteiger partial charge >= 0.3 is 0 Å². The SMILES string of the molecule is Cc1ncsc1CCOc1nc(NN)cn2ccnc12. The van der Waals surface area contributed by atoms with Gasteiger partial charge < -0.3 is 10.2 Å². The van der Waals surface area contributed by atoms with Crippen LogP contribution < -0.4 is 16.0 Å². The summed E-state index contributed by atoms with van der Waals surface area (Å²) in [6.45, 7) is 2.52. The number of nitrogens with two attached hydrogens (primary N) is 1. The number of hydrazine groups is 1. The van der Waals surface area contributed by atoms with Gasteiger partial charge in [-0.2, -0.15) is 4.98 Å². The maximum Gasteiger partial charge on any atom is 0.260 e. The summed E-state index contributed by atoms with van der Waals surface area (Å²) in [4.78, 5) is 13.9. The molecule has 0 spiro atoms. The molecule has 0 saturated carbocycles. The number of fused-ring (bicyclic) bond motifs is 1. The number of nitrogens with zero attached hydrogens (tertiary/aromatic N) is 4. The summed E-state index contributed by atoms with van der Waals surface area (Å²) in [6, 6.07) is 0. The third-order valence-corrected chi connectivity index (χ3v) is 3.90. The molecule has 3 rings (SSSR count). The van der Waals surface area contributed by atoms with E-state index in [2.05, 4.69) is 20.4 Å². The molecule has 3 N–H and O–H groups in total. The van der Waals surface area contributed by atoms with Gasteiger partial charge in [0.25, 0.3) is 5.88 Å². The highest BCUT2D eigenvalue weighted by Gasteiger charge is 2.09. The van der Waals surface area contributed by atoms with E-state index in [1.165, 1.54) is 4.88 Å². The average Bonchev–Trinajstić information content (AvgIpc) is 3.07. The first-order chi connectivity index (χ1) is 9.78. The smallest absolute Gasteiger partial charge is 0.260 e. The van der Waals surface area contributed by atoms with Crippen LogP contribution in [0.3, 0.4) is 0 Å². The summed E-state index contributed by atoms with van der Waals surface area (Å²) >= 11 is 1.63. The lowest BCUT2D eigenvalue weighted by atomic mass is 10.3. The van der Waals surface area contributed by atoms with Crippen LogP contribution in [0, 0.1) is 6.92 Å². The van der Waals surface area contributed by atoms with Crippen LogP contribution in [0.4, 0.5) is 5.82 Å². The number of ether oxygens (including phenoxy) is 1. The summed E-state index contributed by atoms with van der Waals surface area (Å²) in [5.74, 6) is 6.39. The van der Waals surface area contributed by atoms with Gasteiger partial charge in [0.05, 0.1) is 24.0 Å². The van der Waals surface area contributed by atoms with Crippen LogP contribution in [0.1, 0.15) is 10.6 Å². The minimum absolute atomic E-state index is 0.465. The number of aromatic nitrogens is 4. The molecule has 0 fully saturated rings. The predicted octanol–water partition coefficient (Wildman–Crippen LogP) is 1.40. The van der Waals surface area contributed by atoms with Crippen molar-refractivity contribution >= 4 is 22.8 Å². The highest BCUT2D eigenvalue weighted by Crippen LogP contribution is 2.19. The first-order valence-electron chi connectivity index (χ1n) is 6.10. The topological polar surface area (TPSA) is 90.4 Å². The zero-order chi connectivity index (χ0) is 13.9. The predicted molar refractivity (Wildman–Crippen MR) is 76.8 cm³/mol. The molecule has 3 heterocycles. The minimum Gasteiger partial charge on any atom is -0.475 e. The number of aryl methyl sites for hydroxylation is 1. The number of nitrogen functional groups attached to an aromatic ring is 1. The van der Waals surface area contributed by atoms with E-state index in [9.17, 15) is 0 Å². The number of anilines is 1. The van der Waals surface area contributed by atoms with Gasteiger partial charge in [0.2, 0.25) is 5.65 Å². The van der Waals surface area contributed by atoms with E-state index >= 15 is 0 Å². The van der Waals surface area contributed by atoms with E-state index in [1.54, 1.807) is 23.7 Å². The maximum atomic E-state index is 5.74. The fourth-order valence-corrected chi connectivity index (χ4v) is 2.64. The van der Waals surface area contributed by atoms with E-state index in [0.29, 0.717) is 24.0 Å². The molecule has 0 aliphatic rings. The number of hydrogen-bond acceptors (Lipinski definition) is 7. The lowest BCUT2D eigenvalue weighted by molar-refractivity contribution is 0.312. The summed E-state index contributed by atoms with van der Waals surface area (Å²) in [7, 11) is 0. The Morgan fingerprint density at radius 1 is 1.45 bits per heavy atom. The second-order valence-corrected chi connectivity index (χ2v) is 5.13. The van der Waals surface area contributed by atoms with Crippen molar-refractivity contribution in [3.63, 3.8) is 0 Å². The molecule has 0 bridgehead atoms. The second kappa shape index (κ2) is 5.43. The molecule has 0 saturated heterocycles. The van der Waals surface area contributed by atoms with Crippen molar-refractivity contribution in [3.05, 3.63) is 34.7 Å². The van der Waals surface area contributed by atoms with Crippen molar-refractivity contribution in [1.82, 2.24) is 19.4 Å². The third kappa shape index (κ3) is 2.43. The van der Waals surface area contributed by atoms with Crippen LogP contribution in [0.25, 0.3) is 5.65 Å². The fourth-order valence-electron chi connectivity index (χ4n) is 1.88. The average molecular weight is 290 g/mol. The molecule has 3 aromatic rings. The lowest BCUT2D eigenvalue weighted by Crippen LogP contribution is -2.11. The molecule has 0 amide bonds. The van der Waals surface area contributed by atoms with Gasteiger partial charge in [0.15, 0.2) is 5.82 Å².